The first kappa shape index (κ1) is 18.2. The Kier molecular flexibility index (Phi) is 7.78. The van der Waals surface area contributed by atoms with Crippen molar-refractivity contribution in [2.75, 3.05) is 0 Å². The van der Waals surface area contributed by atoms with Gasteiger partial charge in [-0.25, -0.2) is 0 Å². The summed E-state index contributed by atoms with van der Waals surface area (Å²) in [6, 6.07) is 0. The minimum atomic E-state index is -0.412. The molecule has 1 heterocycles. The molecule has 0 aromatic carbocycles. The van der Waals surface area contributed by atoms with E-state index in [2.05, 4.69) is 26.5 Å². The second-order valence-corrected chi connectivity index (χ2v) is 7.15. The molecular weight excluding hydrogens is 293 g/mol. The summed E-state index contributed by atoms with van der Waals surface area (Å²) in [5.41, 5.74) is -0.229. The van der Waals surface area contributed by atoms with Gasteiger partial charge in [0, 0.05) is 0 Å². The fraction of sp³-hybridized carbons (Fsp3) is 0.917. The summed E-state index contributed by atoms with van der Waals surface area (Å²) in [5, 5.41) is 0. The minimum absolute atomic E-state index is 0.0406. The summed E-state index contributed by atoms with van der Waals surface area (Å²) in [7, 11) is 1.19. The van der Waals surface area contributed by atoms with E-state index in [4.69, 9.17) is 9.47 Å². The van der Waals surface area contributed by atoms with Crippen LogP contribution >= 0.6 is 21.1 Å². The predicted molar refractivity (Wildman–Crippen MR) is 86.1 cm³/mol. The van der Waals surface area contributed by atoms with Crippen molar-refractivity contribution in [3.63, 3.8) is 0 Å². The van der Waals surface area contributed by atoms with Crippen molar-refractivity contribution in [1.29, 1.82) is 0 Å². The molecule has 0 spiro atoms. The Balaban J connectivity index is 2.89. The van der Waals surface area contributed by atoms with Crippen LogP contribution in [0.5, 0.6) is 0 Å². The van der Waals surface area contributed by atoms with Gasteiger partial charge in [0.1, 0.15) is 0 Å². The van der Waals surface area contributed by atoms with E-state index in [1.807, 2.05) is 6.92 Å². The molecule has 0 aromatic rings. The van der Waals surface area contributed by atoms with Gasteiger partial charge in [-0.3, -0.25) is 0 Å². The maximum atomic E-state index is 11.2. The molecule has 1 rings (SSSR count). The molecule has 8 heteroatoms. The monoisotopic (exact) mass is 315 g/mol. The molecule has 0 saturated carbocycles. The zero-order chi connectivity index (χ0) is 15.3. The molecule has 7 atom stereocenters. The third-order valence-corrected chi connectivity index (χ3v) is 5.86. The summed E-state index contributed by atoms with van der Waals surface area (Å²) in [6.07, 6.45) is 0.672. The van der Waals surface area contributed by atoms with Crippen LogP contribution in [-0.2, 0) is 19.0 Å². The van der Waals surface area contributed by atoms with Crippen LogP contribution in [0.25, 0.3) is 0 Å². The van der Waals surface area contributed by atoms with Crippen LogP contribution in [0.1, 0.15) is 34.1 Å². The molecule has 1 saturated heterocycles. The van der Waals surface area contributed by atoms with Gasteiger partial charge in [-0.05, 0) is 0 Å². The maximum absolute atomic E-state index is 11.2. The molecule has 0 aliphatic carbocycles. The van der Waals surface area contributed by atoms with Crippen LogP contribution in [-0.4, -0.2) is 43.2 Å². The number of carbonyl (C=O) groups is 1. The summed E-state index contributed by atoms with van der Waals surface area (Å²) >= 11 is 4.44. The van der Waals surface area contributed by atoms with E-state index < -0.39 is 5.44 Å². The fourth-order valence-electron chi connectivity index (χ4n) is 2.56. The number of ether oxygens (including phenoxy) is 2. The Bertz CT molecular complexity index is 347. The van der Waals surface area contributed by atoms with Crippen LogP contribution in [0.3, 0.4) is 0 Å². The Morgan fingerprint density at radius 1 is 1.55 bits per heavy atom. The molecule has 4 unspecified atom stereocenters. The van der Waals surface area contributed by atoms with Crippen molar-refractivity contribution in [2.45, 2.75) is 57.4 Å². The molecule has 0 aromatic heterocycles. The van der Waals surface area contributed by atoms with E-state index in [1.165, 1.54) is 6.92 Å². The summed E-state index contributed by atoms with van der Waals surface area (Å²) in [4.78, 5) is 11.2. The molecule has 1 aliphatic rings. The van der Waals surface area contributed by atoms with Crippen molar-refractivity contribution >= 4 is 41.0 Å². The first-order chi connectivity index (χ1) is 9.42. The fourth-order valence-corrected chi connectivity index (χ4v) is 4.42. The normalized spacial score (nSPS) is 35.5. The van der Waals surface area contributed by atoms with Gasteiger partial charge in [-0.2, -0.15) is 0 Å². The molecule has 111 valence electrons. The molecule has 4 nitrogen and oxygen atoms in total. The average molecular weight is 315 g/mol. The number of carbonyl (C=O) groups excluding carboxylic acids is 1. The van der Waals surface area contributed by atoms with Crippen LogP contribution in [0.4, 0.5) is 0 Å². The van der Waals surface area contributed by atoms with Gasteiger partial charge < -0.3 is 0 Å². The van der Waals surface area contributed by atoms with Crippen molar-refractivity contribution < 1.29 is 19.0 Å². The first-order valence-corrected chi connectivity index (χ1v) is 8.63. The molecule has 0 bridgehead atoms. The Labute approximate surface area is 129 Å². The van der Waals surface area contributed by atoms with Gasteiger partial charge in [-0.1, -0.05) is 0 Å². The number of esters is 1. The molecule has 1 fully saturated rings. The van der Waals surface area contributed by atoms with Crippen LogP contribution in [0, 0.1) is 11.8 Å². The van der Waals surface area contributed by atoms with E-state index in [0.717, 1.165) is 13.5 Å². The molecule has 20 heavy (non-hydrogen) atoms. The molecular formula is C12H22B2O4PS. The Morgan fingerprint density at radius 2 is 2.20 bits per heavy atom. The SMILES string of the molecule is CC[C@H](C)C1OC(S)[C@H](OC(C)=O)C(C)[C@@H]1P[B]B=O. The van der Waals surface area contributed by atoms with E-state index in [-0.39, 0.29) is 29.8 Å². The van der Waals surface area contributed by atoms with Crippen LogP contribution in [0.2, 0.25) is 0 Å². The van der Waals surface area contributed by atoms with E-state index >= 15 is 0 Å². The van der Waals surface area contributed by atoms with E-state index in [1.54, 1.807) is 6.89 Å². The third kappa shape index (κ3) is 4.57. The third-order valence-electron chi connectivity index (χ3n) is 3.88. The van der Waals surface area contributed by atoms with E-state index in [9.17, 15) is 9.50 Å². The van der Waals surface area contributed by atoms with Crippen molar-refractivity contribution in [3.05, 3.63) is 0 Å². The van der Waals surface area contributed by atoms with E-state index in [0.29, 0.717) is 14.4 Å². The quantitative estimate of drug-likeness (QED) is 0.352. The second kappa shape index (κ2) is 8.55. The van der Waals surface area contributed by atoms with Crippen molar-refractivity contribution in [3.8, 4) is 0 Å². The van der Waals surface area contributed by atoms with Gasteiger partial charge in [-0.15, -0.1) is 0 Å². The van der Waals surface area contributed by atoms with Crippen LogP contribution < -0.4 is 0 Å². The number of hydrogen-bond acceptors (Lipinski definition) is 5. The molecule has 1 aliphatic heterocycles. The number of hydrogen-bond donors (Lipinski definition) is 1. The average Bonchev–Trinajstić information content (AvgIpc) is 2.40. The van der Waals surface area contributed by atoms with Gasteiger partial charge in [0.2, 0.25) is 0 Å². The topological polar surface area (TPSA) is 52.6 Å². The summed E-state index contributed by atoms with van der Waals surface area (Å²) < 4.78 is 22.0. The number of rotatable bonds is 6. The molecule has 1 radical (unpaired) electrons. The Hall–Kier alpha value is 0.140. The Morgan fingerprint density at radius 3 is 2.70 bits per heavy atom. The van der Waals surface area contributed by atoms with Gasteiger partial charge >= 0.3 is 129 Å². The van der Waals surface area contributed by atoms with Crippen molar-refractivity contribution in [2.24, 2.45) is 11.8 Å². The second-order valence-electron chi connectivity index (χ2n) is 5.31. The standard InChI is InChI=1S/C12H22B2O4PS/c1-5-6(2)9-11(19-14-13-16)7(3)10(12(20)18-9)17-8(4)15/h6-7,9-12,19-20H,5H2,1-4H3/t6-,7?,9?,10+,11-,12?/m0/s1. The zero-order valence-electron chi connectivity index (χ0n) is 12.4. The van der Waals surface area contributed by atoms with Crippen molar-refractivity contribution in [1.82, 2.24) is 0 Å². The summed E-state index contributed by atoms with van der Waals surface area (Å²) in [5.74, 6) is 0.166. The number of thiol groups is 1. The summed E-state index contributed by atoms with van der Waals surface area (Å²) in [6.45, 7) is 9.34. The zero-order valence-corrected chi connectivity index (χ0v) is 14.3. The predicted octanol–water partition coefficient (Wildman–Crippen LogP) is 1.89. The van der Waals surface area contributed by atoms with Gasteiger partial charge in [0.25, 0.3) is 0 Å². The molecule has 0 amide bonds. The van der Waals surface area contributed by atoms with Gasteiger partial charge in [0.05, 0.1) is 0 Å². The molecule has 0 N–H and O–H groups in total. The first-order valence-electron chi connectivity index (χ1n) is 6.96. The van der Waals surface area contributed by atoms with Crippen LogP contribution in [0.15, 0.2) is 0 Å². The van der Waals surface area contributed by atoms with Gasteiger partial charge in [0.15, 0.2) is 0 Å².